The highest BCUT2D eigenvalue weighted by atomic mass is 35.5. The Morgan fingerprint density at radius 3 is 2.06 bits per heavy atom. The number of esters is 1. The van der Waals surface area contributed by atoms with Gasteiger partial charge in [-0.1, -0.05) is 30.3 Å². The summed E-state index contributed by atoms with van der Waals surface area (Å²) in [5, 5.41) is 6.06. The molecule has 0 aliphatic heterocycles. The van der Waals surface area contributed by atoms with Crippen molar-refractivity contribution in [3.63, 3.8) is 0 Å². The first-order chi connectivity index (χ1) is 8.02. The molecular formula is C11H18ClN3O2. The number of benzene rings is 1. The smallest absolute Gasteiger partial charge is 0.302 e. The molecule has 5 nitrogen and oxygen atoms in total. The zero-order valence-corrected chi connectivity index (χ0v) is 10.7. The molecule has 1 aromatic rings. The van der Waals surface area contributed by atoms with Crippen LogP contribution in [0.2, 0.25) is 0 Å². The van der Waals surface area contributed by atoms with Crippen molar-refractivity contribution in [3.8, 4) is 0 Å². The molecule has 0 unspecified atom stereocenters. The lowest BCUT2D eigenvalue weighted by Crippen LogP contribution is -2.20. The van der Waals surface area contributed by atoms with Crippen molar-refractivity contribution >= 4 is 23.5 Å². The number of halogens is 1. The number of carbonyl (C=O) groups is 1. The van der Waals surface area contributed by atoms with Crippen LogP contribution in [-0.2, 0) is 16.1 Å². The maximum Gasteiger partial charge on any atom is 0.302 e. The van der Waals surface area contributed by atoms with Crippen LogP contribution >= 0.6 is 11.6 Å². The summed E-state index contributed by atoms with van der Waals surface area (Å²) < 4.78 is 4.79. The average Bonchev–Trinajstić information content (AvgIpc) is 2.30. The number of nitrogens with one attached hydrogen (secondary N) is 1. The van der Waals surface area contributed by atoms with E-state index in [0.717, 1.165) is 5.56 Å². The minimum absolute atomic E-state index is 0.242. The molecule has 96 valence electrons. The van der Waals surface area contributed by atoms with E-state index in [4.69, 9.17) is 10.1 Å². The largest absolute Gasteiger partial charge is 0.461 e. The molecule has 0 aromatic heterocycles. The molecule has 6 heteroatoms. The van der Waals surface area contributed by atoms with Gasteiger partial charge in [0.25, 0.3) is 0 Å². The van der Waals surface area contributed by atoms with Crippen LogP contribution in [0.5, 0.6) is 0 Å². The van der Waals surface area contributed by atoms with Crippen LogP contribution in [0.4, 0.5) is 0 Å². The highest BCUT2D eigenvalue weighted by Gasteiger charge is 1.93. The summed E-state index contributed by atoms with van der Waals surface area (Å²) in [6.45, 7) is 1.78. The molecule has 5 N–H and O–H groups in total. The molecule has 1 aromatic carbocycles. The second-order valence-electron chi connectivity index (χ2n) is 2.72. The molecule has 0 heterocycles. The quantitative estimate of drug-likeness (QED) is 0.324. The normalized spacial score (nSPS) is 7.71. The molecule has 17 heavy (non-hydrogen) atoms. The second kappa shape index (κ2) is 12.3. The zero-order valence-electron chi connectivity index (χ0n) is 9.94. The van der Waals surface area contributed by atoms with Gasteiger partial charge in [0.05, 0.1) is 0 Å². The summed E-state index contributed by atoms with van der Waals surface area (Å²) in [5.74, 6) is -0.575. The Hall–Kier alpha value is -1.75. The summed E-state index contributed by atoms with van der Waals surface area (Å²) in [5.41, 5.74) is 9.96. The van der Waals surface area contributed by atoms with Crippen LogP contribution in [-0.4, -0.2) is 18.3 Å². The first-order valence-electron chi connectivity index (χ1n) is 4.67. The topological polar surface area (TPSA) is 102 Å². The third-order valence-corrected chi connectivity index (χ3v) is 1.28. The monoisotopic (exact) mass is 259 g/mol. The molecule has 0 spiro atoms. The van der Waals surface area contributed by atoms with Crippen molar-refractivity contribution in [1.29, 1.82) is 5.41 Å². The summed E-state index contributed by atoms with van der Waals surface area (Å²) in [6, 6.07) is 9.60. The maximum absolute atomic E-state index is 10.4. The molecule has 0 bridgehead atoms. The third kappa shape index (κ3) is 16.9. The van der Waals surface area contributed by atoms with Crippen LogP contribution in [0.25, 0.3) is 0 Å². The molecule has 0 saturated carbocycles. The Balaban J connectivity index is 0. The van der Waals surface area contributed by atoms with Crippen LogP contribution in [0.15, 0.2) is 30.3 Å². The van der Waals surface area contributed by atoms with E-state index in [0.29, 0.717) is 6.61 Å². The van der Waals surface area contributed by atoms with Gasteiger partial charge in [0, 0.05) is 13.3 Å². The summed E-state index contributed by atoms with van der Waals surface area (Å²) in [7, 11) is 0. The molecule has 0 atom stereocenters. The number of ether oxygens (including phenoxy) is 1. The van der Waals surface area contributed by atoms with Gasteiger partial charge in [0.15, 0.2) is 5.96 Å². The summed E-state index contributed by atoms with van der Waals surface area (Å²) in [6.07, 6.45) is 1.47. The molecule has 0 fully saturated rings. The zero-order chi connectivity index (χ0) is 13.7. The lowest BCUT2D eigenvalue weighted by molar-refractivity contribution is -0.142. The molecule has 0 aliphatic carbocycles. The van der Waals surface area contributed by atoms with E-state index in [1.165, 1.54) is 13.3 Å². The number of hydrogen-bond donors (Lipinski definition) is 3. The molecule has 0 amide bonds. The van der Waals surface area contributed by atoms with Gasteiger partial charge in [-0.3, -0.25) is 10.2 Å². The van der Waals surface area contributed by atoms with E-state index >= 15 is 0 Å². The van der Waals surface area contributed by atoms with Crippen LogP contribution in [0, 0.1) is 5.41 Å². The Bertz CT molecular complexity index is 314. The highest BCUT2D eigenvalue weighted by Crippen LogP contribution is 1.99. The van der Waals surface area contributed by atoms with Crippen molar-refractivity contribution in [2.45, 2.75) is 13.5 Å². The van der Waals surface area contributed by atoms with Gasteiger partial charge >= 0.3 is 5.97 Å². The number of hydrogen-bond acceptors (Lipinski definition) is 3. The van der Waals surface area contributed by atoms with Gasteiger partial charge in [0.1, 0.15) is 6.61 Å². The fourth-order valence-electron chi connectivity index (χ4n) is 0.759. The van der Waals surface area contributed by atoms with Crippen molar-refractivity contribution in [1.82, 2.24) is 0 Å². The first-order valence-corrected chi connectivity index (χ1v) is 5.42. The van der Waals surface area contributed by atoms with Crippen LogP contribution in [0.1, 0.15) is 12.5 Å². The Labute approximate surface area is 106 Å². The van der Waals surface area contributed by atoms with Crippen molar-refractivity contribution in [3.05, 3.63) is 35.9 Å². The lowest BCUT2D eigenvalue weighted by atomic mass is 10.2. The van der Waals surface area contributed by atoms with E-state index in [1.54, 1.807) is 0 Å². The van der Waals surface area contributed by atoms with E-state index in [-0.39, 0.29) is 11.9 Å². The van der Waals surface area contributed by atoms with Crippen molar-refractivity contribution in [2.75, 3.05) is 6.38 Å². The molecular weight excluding hydrogens is 242 g/mol. The highest BCUT2D eigenvalue weighted by molar-refractivity contribution is 6.15. The lowest BCUT2D eigenvalue weighted by Gasteiger charge is -1.99. The fourth-order valence-corrected chi connectivity index (χ4v) is 0.759. The standard InChI is InChI=1S/C9H10O2.CH3Cl.CH5N3/c1-8(10)11-7-9-5-3-2-4-6-9;1-2;2-1(3)4/h2-6H,7H2,1H3;1H3;(H5,2,3,4). The predicted molar refractivity (Wildman–Crippen MR) is 69.8 cm³/mol. The number of rotatable bonds is 2. The Morgan fingerprint density at radius 1 is 1.29 bits per heavy atom. The summed E-state index contributed by atoms with van der Waals surface area (Å²) in [4.78, 5) is 10.4. The van der Waals surface area contributed by atoms with Gasteiger partial charge in [-0.25, -0.2) is 0 Å². The van der Waals surface area contributed by atoms with Gasteiger partial charge in [-0.05, 0) is 5.56 Å². The predicted octanol–water partition coefficient (Wildman–Crippen LogP) is 1.44. The average molecular weight is 260 g/mol. The minimum Gasteiger partial charge on any atom is -0.461 e. The molecule has 0 saturated heterocycles. The third-order valence-electron chi connectivity index (χ3n) is 1.28. The van der Waals surface area contributed by atoms with E-state index in [1.807, 2.05) is 30.3 Å². The first kappa shape index (κ1) is 17.6. The van der Waals surface area contributed by atoms with Crippen molar-refractivity contribution < 1.29 is 9.53 Å². The van der Waals surface area contributed by atoms with Gasteiger partial charge in [-0.2, -0.15) is 0 Å². The number of nitrogens with two attached hydrogens (primary N) is 2. The molecule has 0 aliphatic rings. The summed E-state index contributed by atoms with van der Waals surface area (Å²) >= 11 is 4.64. The second-order valence-corrected chi connectivity index (χ2v) is 2.72. The Morgan fingerprint density at radius 2 is 1.71 bits per heavy atom. The van der Waals surface area contributed by atoms with E-state index in [9.17, 15) is 4.79 Å². The van der Waals surface area contributed by atoms with Gasteiger partial charge < -0.3 is 16.2 Å². The Kier molecular flexibility index (Phi) is 12.8. The van der Waals surface area contributed by atoms with Gasteiger partial charge in [-0.15, -0.1) is 11.6 Å². The fraction of sp³-hybridized carbons (Fsp3) is 0.273. The number of alkyl halides is 1. The number of guanidine groups is 1. The SMILES string of the molecule is CC(=O)OCc1ccccc1.CCl.N=C(N)N. The molecule has 1 rings (SSSR count). The van der Waals surface area contributed by atoms with E-state index in [2.05, 4.69) is 23.1 Å². The van der Waals surface area contributed by atoms with Crippen molar-refractivity contribution in [2.24, 2.45) is 11.5 Å². The number of carbonyl (C=O) groups excluding carboxylic acids is 1. The van der Waals surface area contributed by atoms with E-state index < -0.39 is 0 Å². The van der Waals surface area contributed by atoms with Gasteiger partial charge in [0.2, 0.25) is 0 Å². The maximum atomic E-state index is 10.4. The minimum atomic E-state index is -0.333. The van der Waals surface area contributed by atoms with Crippen LogP contribution in [0.3, 0.4) is 0 Å². The van der Waals surface area contributed by atoms with Crippen LogP contribution < -0.4 is 11.5 Å². The molecule has 0 radical (unpaired) electrons.